The number of pyridine rings is 2. The second kappa shape index (κ2) is 7.83. The fourth-order valence-corrected chi connectivity index (χ4v) is 3.16. The molecular formula is C21H17Cl2N3. The third-order valence-electron chi connectivity index (χ3n) is 4.30. The van der Waals surface area contributed by atoms with Crippen molar-refractivity contribution in [1.29, 1.82) is 0 Å². The topological polar surface area (TPSA) is 53.4 Å². The number of nitrogens with zero attached hydrogens (tertiary/aromatic N) is 2. The van der Waals surface area contributed by atoms with Crippen LogP contribution in [0.25, 0.3) is 33.3 Å². The van der Waals surface area contributed by atoms with Gasteiger partial charge < -0.3 is 18.1 Å². The first kappa shape index (κ1) is 18.3. The van der Waals surface area contributed by atoms with Crippen LogP contribution in [0, 0.1) is 0 Å². The molecule has 26 heavy (non-hydrogen) atoms. The number of fused-ring (bicyclic) bond motifs is 1. The quantitative estimate of drug-likeness (QED) is 0.544. The molecule has 0 radical (unpaired) electrons. The lowest BCUT2D eigenvalue weighted by atomic mass is 9.97. The maximum absolute atomic E-state index is 6.30. The SMILES string of the molecule is [Cl-].[NH3+]Cc1ccc(-c2nc3ccnc(Cl)c3cc2-c2ccccc2)cc1. The fraction of sp³-hybridized carbons (Fsp3) is 0.0476. The Morgan fingerprint density at radius 3 is 2.31 bits per heavy atom. The van der Waals surface area contributed by atoms with E-state index in [-0.39, 0.29) is 12.4 Å². The molecule has 2 heterocycles. The lowest BCUT2D eigenvalue weighted by Gasteiger charge is -2.12. The largest absolute Gasteiger partial charge is 1.00 e. The third-order valence-corrected chi connectivity index (χ3v) is 4.60. The summed E-state index contributed by atoms with van der Waals surface area (Å²) in [6, 6.07) is 22.6. The van der Waals surface area contributed by atoms with Gasteiger partial charge in [0.1, 0.15) is 5.15 Å². The maximum Gasteiger partial charge on any atom is 0.138 e. The molecule has 0 saturated carbocycles. The van der Waals surface area contributed by atoms with Crippen LogP contribution in [0.15, 0.2) is 72.9 Å². The van der Waals surface area contributed by atoms with Gasteiger partial charge in [-0.05, 0) is 17.7 Å². The molecule has 0 amide bonds. The van der Waals surface area contributed by atoms with Crippen molar-refractivity contribution in [2.75, 3.05) is 0 Å². The van der Waals surface area contributed by atoms with Crippen LogP contribution in [-0.4, -0.2) is 9.97 Å². The minimum atomic E-state index is 0. The maximum atomic E-state index is 6.30. The summed E-state index contributed by atoms with van der Waals surface area (Å²) in [7, 11) is 0. The first-order valence-corrected chi connectivity index (χ1v) is 8.53. The van der Waals surface area contributed by atoms with Gasteiger partial charge in [-0.3, -0.25) is 0 Å². The number of benzene rings is 2. The van der Waals surface area contributed by atoms with Gasteiger partial charge in [-0.1, -0.05) is 66.2 Å². The Balaban J connectivity index is 0.00000196. The van der Waals surface area contributed by atoms with E-state index in [1.807, 2.05) is 24.3 Å². The van der Waals surface area contributed by atoms with E-state index >= 15 is 0 Å². The number of aromatic nitrogens is 2. The molecule has 3 N–H and O–H groups in total. The van der Waals surface area contributed by atoms with Gasteiger partial charge in [0.2, 0.25) is 0 Å². The van der Waals surface area contributed by atoms with Gasteiger partial charge in [-0.2, -0.15) is 0 Å². The van der Waals surface area contributed by atoms with Crippen molar-refractivity contribution < 1.29 is 18.1 Å². The first-order valence-electron chi connectivity index (χ1n) is 8.15. The highest BCUT2D eigenvalue weighted by Gasteiger charge is 2.13. The van der Waals surface area contributed by atoms with Gasteiger partial charge in [-0.25, -0.2) is 9.97 Å². The van der Waals surface area contributed by atoms with Crippen LogP contribution in [0.4, 0.5) is 0 Å². The second-order valence-electron chi connectivity index (χ2n) is 5.87. The molecule has 0 bridgehead atoms. The van der Waals surface area contributed by atoms with Gasteiger partial charge in [-0.15, -0.1) is 0 Å². The fourth-order valence-electron chi connectivity index (χ4n) is 2.95. The van der Waals surface area contributed by atoms with E-state index in [1.54, 1.807) is 6.20 Å². The highest BCUT2D eigenvalue weighted by molar-refractivity contribution is 6.34. The van der Waals surface area contributed by atoms with Crippen molar-refractivity contribution in [2.24, 2.45) is 0 Å². The second-order valence-corrected chi connectivity index (χ2v) is 6.22. The normalized spacial score (nSPS) is 10.5. The predicted molar refractivity (Wildman–Crippen MR) is 102 cm³/mol. The number of halogens is 2. The smallest absolute Gasteiger partial charge is 0.138 e. The summed E-state index contributed by atoms with van der Waals surface area (Å²) in [6.07, 6.45) is 1.69. The molecule has 2 aromatic carbocycles. The monoisotopic (exact) mass is 381 g/mol. The van der Waals surface area contributed by atoms with E-state index in [4.69, 9.17) is 16.6 Å². The summed E-state index contributed by atoms with van der Waals surface area (Å²) in [4.78, 5) is 9.08. The standard InChI is InChI=1S/C21H16ClN3.ClH/c22-21-18-12-17(15-4-2-1-3-5-15)20(25-19(18)10-11-24-21)16-8-6-14(13-23)7-9-16;/h1-12H,13,23H2;1H. The molecular weight excluding hydrogens is 365 g/mol. The van der Waals surface area contributed by atoms with E-state index in [1.165, 1.54) is 5.56 Å². The summed E-state index contributed by atoms with van der Waals surface area (Å²) < 4.78 is 0. The van der Waals surface area contributed by atoms with Gasteiger partial charge in [0.25, 0.3) is 0 Å². The van der Waals surface area contributed by atoms with Crippen LogP contribution >= 0.6 is 11.6 Å². The molecule has 0 unspecified atom stereocenters. The van der Waals surface area contributed by atoms with Gasteiger partial charge in [0, 0.05) is 28.3 Å². The van der Waals surface area contributed by atoms with E-state index < -0.39 is 0 Å². The van der Waals surface area contributed by atoms with E-state index in [9.17, 15) is 0 Å². The van der Waals surface area contributed by atoms with Gasteiger partial charge in [0.05, 0.1) is 17.8 Å². The molecule has 4 aromatic rings. The molecule has 0 saturated heterocycles. The van der Waals surface area contributed by atoms with E-state index in [0.717, 1.165) is 39.8 Å². The first-order chi connectivity index (χ1) is 12.3. The molecule has 3 nitrogen and oxygen atoms in total. The molecule has 0 fully saturated rings. The van der Waals surface area contributed by atoms with E-state index in [0.29, 0.717) is 5.15 Å². The van der Waals surface area contributed by atoms with Crippen LogP contribution in [0.5, 0.6) is 0 Å². The Morgan fingerprint density at radius 1 is 0.885 bits per heavy atom. The number of rotatable bonds is 3. The summed E-state index contributed by atoms with van der Waals surface area (Å²) in [6.45, 7) is 0.776. The Kier molecular flexibility index (Phi) is 5.52. The highest BCUT2D eigenvalue weighted by Crippen LogP contribution is 2.34. The predicted octanol–water partition coefficient (Wildman–Crippen LogP) is 1.36. The van der Waals surface area contributed by atoms with Crippen molar-refractivity contribution in [1.82, 2.24) is 9.97 Å². The molecule has 5 heteroatoms. The van der Waals surface area contributed by atoms with Crippen LogP contribution in [0.1, 0.15) is 5.56 Å². The molecule has 0 aliphatic carbocycles. The van der Waals surface area contributed by atoms with Crippen LogP contribution in [0.2, 0.25) is 5.15 Å². The average Bonchev–Trinajstić information content (AvgIpc) is 2.68. The van der Waals surface area contributed by atoms with Crippen molar-refractivity contribution >= 4 is 22.5 Å². The number of hydrogen-bond acceptors (Lipinski definition) is 2. The molecule has 0 atom stereocenters. The highest BCUT2D eigenvalue weighted by atomic mass is 35.5. The third kappa shape index (κ3) is 3.42. The van der Waals surface area contributed by atoms with Crippen molar-refractivity contribution in [3.05, 3.63) is 83.6 Å². The summed E-state index contributed by atoms with van der Waals surface area (Å²) in [5.74, 6) is 0. The minimum absolute atomic E-state index is 0. The molecule has 0 aliphatic rings. The van der Waals surface area contributed by atoms with Gasteiger partial charge in [0.15, 0.2) is 0 Å². The lowest BCUT2D eigenvalue weighted by molar-refractivity contribution is -0.386. The zero-order valence-electron chi connectivity index (χ0n) is 14.0. The van der Waals surface area contributed by atoms with Gasteiger partial charge >= 0.3 is 0 Å². The zero-order chi connectivity index (χ0) is 17.2. The number of hydrogen-bond donors (Lipinski definition) is 1. The van der Waals surface area contributed by atoms with Crippen molar-refractivity contribution in [2.45, 2.75) is 6.54 Å². The zero-order valence-corrected chi connectivity index (χ0v) is 15.5. The summed E-state index contributed by atoms with van der Waals surface area (Å²) in [5, 5.41) is 1.34. The Labute approximate surface area is 163 Å². The van der Waals surface area contributed by atoms with Crippen molar-refractivity contribution in [3.8, 4) is 22.4 Å². The van der Waals surface area contributed by atoms with Crippen LogP contribution in [0.3, 0.4) is 0 Å². The minimum Gasteiger partial charge on any atom is -1.00 e. The summed E-state index contributed by atoms with van der Waals surface area (Å²) >= 11 is 6.30. The molecule has 4 rings (SSSR count). The lowest BCUT2D eigenvalue weighted by Crippen LogP contribution is -3.00. The molecule has 0 aliphatic heterocycles. The Hall–Kier alpha value is -2.46. The van der Waals surface area contributed by atoms with Crippen molar-refractivity contribution in [3.63, 3.8) is 0 Å². The number of quaternary nitrogens is 1. The van der Waals surface area contributed by atoms with E-state index in [2.05, 4.69) is 53.2 Å². The molecule has 130 valence electrons. The Bertz CT molecular complexity index is 1030. The Morgan fingerprint density at radius 2 is 1.62 bits per heavy atom. The summed E-state index contributed by atoms with van der Waals surface area (Å²) in [5.41, 5.74) is 10.2. The molecule has 0 spiro atoms. The van der Waals surface area contributed by atoms with Crippen LogP contribution < -0.4 is 18.1 Å². The molecule has 2 aromatic heterocycles. The van der Waals surface area contributed by atoms with Crippen LogP contribution in [-0.2, 0) is 6.54 Å². The average molecular weight is 382 g/mol.